The van der Waals surface area contributed by atoms with Gasteiger partial charge in [-0.3, -0.25) is 0 Å². The van der Waals surface area contributed by atoms with Gasteiger partial charge in [-0.05, 0) is 30.7 Å². The van der Waals surface area contributed by atoms with Gasteiger partial charge in [-0.2, -0.15) is 0 Å². The summed E-state index contributed by atoms with van der Waals surface area (Å²) >= 11 is 5.71. The third-order valence-corrected chi connectivity index (χ3v) is 3.42. The monoisotopic (exact) mass is 242 g/mol. The number of halogens is 2. The van der Waals surface area contributed by atoms with Crippen molar-refractivity contribution >= 4 is 23.0 Å². The summed E-state index contributed by atoms with van der Waals surface area (Å²) < 4.78 is 13.1. The maximum absolute atomic E-state index is 13.1. The second-order valence-electron chi connectivity index (χ2n) is 4.55. The van der Waals surface area contributed by atoms with E-state index >= 15 is 0 Å². The van der Waals surface area contributed by atoms with Crippen LogP contribution in [0.4, 0.5) is 15.8 Å². The van der Waals surface area contributed by atoms with Gasteiger partial charge in [0.15, 0.2) is 0 Å². The molecule has 1 saturated carbocycles. The first-order valence-corrected chi connectivity index (χ1v) is 5.94. The highest BCUT2D eigenvalue weighted by Crippen LogP contribution is 2.37. The van der Waals surface area contributed by atoms with Crippen molar-refractivity contribution in [2.45, 2.75) is 19.8 Å². The van der Waals surface area contributed by atoms with Crippen LogP contribution in [0.15, 0.2) is 12.1 Å². The number of anilines is 2. The highest BCUT2D eigenvalue weighted by atomic mass is 35.5. The van der Waals surface area contributed by atoms with E-state index in [0.717, 1.165) is 18.2 Å². The Morgan fingerprint density at radius 2 is 2.25 bits per heavy atom. The summed E-state index contributed by atoms with van der Waals surface area (Å²) in [5.74, 6) is 0.993. The van der Waals surface area contributed by atoms with Gasteiger partial charge in [-0.15, -0.1) is 0 Å². The van der Waals surface area contributed by atoms with E-state index in [2.05, 4.69) is 12.2 Å². The summed E-state index contributed by atoms with van der Waals surface area (Å²) in [7, 11) is 0. The van der Waals surface area contributed by atoms with E-state index in [0.29, 0.717) is 11.6 Å². The number of benzene rings is 1. The molecule has 1 atom stereocenters. The van der Waals surface area contributed by atoms with E-state index in [4.69, 9.17) is 17.3 Å². The zero-order chi connectivity index (χ0) is 11.7. The van der Waals surface area contributed by atoms with Gasteiger partial charge in [-0.1, -0.05) is 18.5 Å². The summed E-state index contributed by atoms with van der Waals surface area (Å²) in [5, 5.41) is 3.33. The first kappa shape index (κ1) is 11.5. The van der Waals surface area contributed by atoms with Crippen molar-refractivity contribution < 1.29 is 4.39 Å². The lowest BCUT2D eigenvalue weighted by Crippen LogP contribution is -2.14. The minimum Gasteiger partial charge on any atom is -0.397 e. The largest absolute Gasteiger partial charge is 0.397 e. The lowest BCUT2D eigenvalue weighted by Gasteiger charge is -2.14. The third kappa shape index (κ3) is 2.59. The molecule has 0 aromatic heterocycles. The van der Waals surface area contributed by atoms with Crippen molar-refractivity contribution in [3.05, 3.63) is 23.0 Å². The molecule has 4 heteroatoms. The van der Waals surface area contributed by atoms with E-state index in [1.807, 2.05) is 0 Å². The van der Waals surface area contributed by atoms with Crippen LogP contribution in [0.1, 0.15) is 19.8 Å². The minimum absolute atomic E-state index is 0.107. The molecule has 1 aromatic carbocycles. The lowest BCUT2D eigenvalue weighted by molar-refractivity contribution is 0.536. The molecule has 0 bridgehead atoms. The molecular weight excluding hydrogens is 227 g/mol. The first-order chi connectivity index (χ1) is 7.58. The Labute approximate surface area is 100.0 Å². The molecular formula is C12H16ClFN2. The number of nitrogens with one attached hydrogen (secondary N) is 1. The van der Waals surface area contributed by atoms with E-state index in [9.17, 15) is 4.39 Å². The number of hydrogen-bond donors (Lipinski definition) is 2. The number of nitrogens with two attached hydrogens (primary N) is 1. The number of nitrogen functional groups attached to an aromatic ring is 1. The van der Waals surface area contributed by atoms with Crippen LogP contribution in [0.25, 0.3) is 0 Å². The van der Waals surface area contributed by atoms with Gasteiger partial charge in [-0.25, -0.2) is 4.39 Å². The smallest absolute Gasteiger partial charge is 0.143 e. The minimum atomic E-state index is -0.472. The summed E-state index contributed by atoms with van der Waals surface area (Å²) in [4.78, 5) is 0. The normalized spacial score (nSPS) is 17.2. The molecule has 16 heavy (non-hydrogen) atoms. The maximum atomic E-state index is 13.1. The van der Waals surface area contributed by atoms with Crippen molar-refractivity contribution in [2.24, 2.45) is 11.8 Å². The van der Waals surface area contributed by atoms with Gasteiger partial charge < -0.3 is 11.1 Å². The maximum Gasteiger partial charge on any atom is 0.143 e. The van der Waals surface area contributed by atoms with Gasteiger partial charge in [0.1, 0.15) is 5.82 Å². The van der Waals surface area contributed by atoms with E-state index in [1.165, 1.54) is 18.9 Å². The topological polar surface area (TPSA) is 38.0 Å². The van der Waals surface area contributed by atoms with Crippen LogP contribution < -0.4 is 11.1 Å². The highest BCUT2D eigenvalue weighted by Gasteiger charge is 2.27. The lowest BCUT2D eigenvalue weighted by atomic mass is 10.1. The van der Waals surface area contributed by atoms with Crippen molar-refractivity contribution in [3.8, 4) is 0 Å². The van der Waals surface area contributed by atoms with Crippen LogP contribution in [0.5, 0.6) is 0 Å². The standard InChI is InChI=1S/C12H16ClFN2/c1-7(8-2-3-8)6-16-12-4-9(13)10(14)5-11(12)15/h4-5,7-8,16H,2-3,6,15H2,1H3. The average molecular weight is 243 g/mol. The Morgan fingerprint density at radius 1 is 1.56 bits per heavy atom. The molecule has 0 aliphatic heterocycles. The molecule has 1 fully saturated rings. The average Bonchev–Trinajstić information content (AvgIpc) is 3.04. The molecule has 0 saturated heterocycles. The van der Waals surface area contributed by atoms with E-state index in [-0.39, 0.29) is 5.02 Å². The zero-order valence-electron chi connectivity index (χ0n) is 9.26. The Balaban J connectivity index is 2.00. The van der Waals surface area contributed by atoms with Crippen LogP contribution >= 0.6 is 11.6 Å². The Kier molecular flexibility index (Phi) is 3.24. The number of hydrogen-bond acceptors (Lipinski definition) is 2. The van der Waals surface area contributed by atoms with Crippen LogP contribution in [0, 0.1) is 17.7 Å². The second kappa shape index (κ2) is 4.50. The molecule has 0 heterocycles. The quantitative estimate of drug-likeness (QED) is 0.793. The number of rotatable bonds is 4. The van der Waals surface area contributed by atoms with Crippen LogP contribution in [0.2, 0.25) is 5.02 Å². The van der Waals surface area contributed by atoms with Crippen LogP contribution in [-0.2, 0) is 0 Å². The van der Waals surface area contributed by atoms with Gasteiger partial charge in [0.25, 0.3) is 0 Å². The molecule has 0 spiro atoms. The van der Waals surface area contributed by atoms with Crippen LogP contribution in [0.3, 0.4) is 0 Å². The fourth-order valence-corrected chi connectivity index (χ4v) is 1.98. The molecule has 1 unspecified atom stereocenters. The molecule has 0 amide bonds. The SMILES string of the molecule is CC(CNc1cc(Cl)c(F)cc1N)C1CC1. The first-order valence-electron chi connectivity index (χ1n) is 5.56. The predicted octanol–water partition coefficient (Wildman–Crippen LogP) is 3.52. The third-order valence-electron chi connectivity index (χ3n) is 3.13. The van der Waals surface area contributed by atoms with Gasteiger partial charge >= 0.3 is 0 Å². The van der Waals surface area contributed by atoms with Crippen molar-refractivity contribution in [3.63, 3.8) is 0 Å². The van der Waals surface area contributed by atoms with Crippen LogP contribution in [-0.4, -0.2) is 6.54 Å². The molecule has 2 nitrogen and oxygen atoms in total. The molecule has 2 rings (SSSR count). The van der Waals surface area contributed by atoms with Gasteiger partial charge in [0.2, 0.25) is 0 Å². The second-order valence-corrected chi connectivity index (χ2v) is 4.96. The summed E-state index contributed by atoms with van der Waals surface area (Å²) in [5.41, 5.74) is 6.84. The molecule has 1 aliphatic carbocycles. The fourth-order valence-electron chi connectivity index (χ4n) is 1.82. The summed E-state index contributed by atoms with van der Waals surface area (Å²) in [6.07, 6.45) is 2.64. The van der Waals surface area contributed by atoms with Crippen molar-refractivity contribution in [1.29, 1.82) is 0 Å². The van der Waals surface area contributed by atoms with Gasteiger partial charge in [0, 0.05) is 12.6 Å². The van der Waals surface area contributed by atoms with Gasteiger partial charge in [0.05, 0.1) is 16.4 Å². The molecule has 88 valence electrons. The predicted molar refractivity (Wildman–Crippen MR) is 66.2 cm³/mol. The van der Waals surface area contributed by atoms with Crippen molar-refractivity contribution in [1.82, 2.24) is 0 Å². The highest BCUT2D eigenvalue weighted by molar-refractivity contribution is 6.31. The fraction of sp³-hybridized carbons (Fsp3) is 0.500. The Bertz CT molecular complexity index is 391. The summed E-state index contributed by atoms with van der Waals surface area (Å²) in [6, 6.07) is 2.80. The molecule has 0 radical (unpaired) electrons. The molecule has 3 N–H and O–H groups in total. The summed E-state index contributed by atoms with van der Waals surface area (Å²) in [6.45, 7) is 3.07. The van der Waals surface area contributed by atoms with E-state index < -0.39 is 5.82 Å². The zero-order valence-corrected chi connectivity index (χ0v) is 10.0. The molecule has 1 aromatic rings. The van der Waals surface area contributed by atoms with Crippen molar-refractivity contribution in [2.75, 3.05) is 17.6 Å². The Morgan fingerprint density at radius 3 is 2.88 bits per heavy atom. The Hall–Kier alpha value is -0.960. The van der Waals surface area contributed by atoms with E-state index in [1.54, 1.807) is 6.07 Å². The molecule has 1 aliphatic rings.